The Morgan fingerprint density at radius 2 is 1.90 bits per heavy atom. The van der Waals surface area contributed by atoms with E-state index in [1.807, 2.05) is 13.0 Å². The number of nitro groups is 1. The van der Waals surface area contributed by atoms with E-state index in [2.05, 4.69) is 15.2 Å². The first kappa shape index (κ1) is 21.0. The number of benzene rings is 2. The summed E-state index contributed by atoms with van der Waals surface area (Å²) in [6.07, 6.45) is 3.41. The first-order valence-electron chi connectivity index (χ1n) is 8.81. The number of allylic oxidation sites excluding steroid dienone is 2. The molecule has 0 unspecified atom stereocenters. The molecule has 156 valence electrons. The Morgan fingerprint density at radius 1 is 1.17 bits per heavy atom. The van der Waals surface area contributed by atoms with Crippen molar-refractivity contribution < 1.29 is 23.2 Å². The van der Waals surface area contributed by atoms with Gasteiger partial charge in [-0.2, -0.15) is 5.10 Å². The number of para-hydroxylation sites is 1. The number of sulfonamides is 1. The summed E-state index contributed by atoms with van der Waals surface area (Å²) in [7, 11) is -4.38. The Morgan fingerprint density at radius 3 is 2.53 bits per heavy atom. The Labute approximate surface area is 172 Å². The Bertz CT molecular complexity index is 1190. The lowest BCUT2D eigenvalue weighted by Crippen LogP contribution is -2.17. The van der Waals surface area contributed by atoms with Crippen LogP contribution in [0.5, 0.6) is 0 Å². The summed E-state index contributed by atoms with van der Waals surface area (Å²) in [6.45, 7) is 1.95. The predicted octanol–water partition coefficient (Wildman–Crippen LogP) is 3.60. The molecular formula is C19H18N4O6S. The molecule has 0 atom stereocenters. The highest BCUT2D eigenvalue weighted by molar-refractivity contribution is 7.93. The van der Waals surface area contributed by atoms with Crippen molar-refractivity contribution in [2.75, 3.05) is 10.1 Å². The second-order valence-electron chi connectivity index (χ2n) is 6.60. The summed E-state index contributed by atoms with van der Waals surface area (Å²) in [5, 5.41) is 24.6. The number of hydrogen-bond donors (Lipinski definition) is 3. The van der Waals surface area contributed by atoms with Crippen LogP contribution in [0.3, 0.4) is 0 Å². The van der Waals surface area contributed by atoms with Crippen molar-refractivity contribution in [3.05, 3.63) is 69.8 Å². The Hall–Kier alpha value is -3.73. The third-order valence-electron chi connectivity index (χ3n) is 4.38. The number of aromatic carboxylic acids is 1. The first-order chi connectivity index (χ1) is 14.2. The zero-order valence-corrected chi connectivity index (χ0v) is 16.6. The van der Waals surface area contributed by atoms with E-state index in [-0.39, 0.29) is 16.9 Å². The Balaban J connectivity index is 2.02. The SMILES string of the molecule is CC1=CC(=NNc2ccc([N+](=O)[O-])cc2S(=O)(=O)Nc2ccccc2C(=O)O)CC1. The topological polar surface area (TPSA) is 151 Å². The summed E-state index contributed by atoms with van der Waals surface area (Å²) >= 11 is 0. The van der Waals surface area contributed by atoms with Crippen LogP contribution in [-0.4, -0.2) is 30.1 Å². The molecule has 0 aliphatic heterocycles. The maximum absolute atomic E-state index is 13.0. The van der Waals surface area contributed by atoms with Gasteiger partial charge in [0.15, 0.2) is 0 Å². The summed E-state index contributed by atoms with van der Waals surface area (Å²) in [5.74, 6) is -1.32. The van der Waals surface area contributed by atoms with Crippen LogP contribution in [0.1, 0.15) is 30.1 Å². The van der Waals surface area contributed by atoms with Crippen molar-refractivity contribution in [2.45, 2.75) is 24.7 Å². The van der Waals surface area contributed by atoms with Gasteiger partial charge in [0.05, 0.1) is 27.6 Å². The van der Waals surface area contributed by atoms with Crippen molar-refractivity contribution in [2.24, 2.45) is 5.10 Å². The van der Waals surface area contributed by atoms with E-state index in [9.17, 15) is 28.4 Å². The number of nitrogens with one attached hydrogen (secondary N) is 2. The maximum Gasteiger partial charge on any atom is 0.337 e. The largest absolute Gasteiger partial charge is 0.478 e. The van der Waals surface area contributed by atoms with Gasteiger partial charge in [0, 0.05) is 12.1 Å². The molecule has 3 N–H and O–H groups in total. The van der Waals surface area contributed by atoms with Crippen molar-refractivity contribution in [3.63, 3.8) is 0 Å². The van der Waals surface area contributed by atoms with Crippen molar-refractivity contribution in [3.8, 4) is 0 Å². The van der Waals surface area contributed by atoms with E-state index < -0.39 is 31.5 Å². The summed E-state index contributed by atoms with van der Waals surface area (Å²) in [5.41, 5.74) is 3.68. The van der Waals surface area contributed by atoms with Crippen molar-refractivity contribution >= 4 is 38.8 Å². The molecule has 0 aromatic heterocycles. The third-order valence-corrected chi connectivity index (χ3v) is 5.78. The normalized spacial score (nSPS) is 15.0. The molecule has 0 spiro atoms. The van der Waals surface area contributed by atoms with Gasteiger partial charge in [-0.15, -0.1) is 0 Å². The second-order valence-corrected chi connectivity index (χ2v) is 8.25. The molecule has 3 rings (SSSR count). The molecule has 11 heteroatoms. The van der Waals surface area contributed by atoms with Gasteiger partial charge in [-0.05, 0) is 44.0 Å². The fraction of sp³-hybridized carbons (Fsp3) is 0.158. The summed E-state index contributed by atoms with van der Waals surface area (Å²) in [6, 6.07) is 8.75. The lowest BCUT2D eigenvalue weighted by atomic mass is 10.2. The van der Waals surface area contributed by atoms with Crippen LogP contribution >= 0.6 is 0 Å². The standard InChI is InChI=1S/C19H18N4O6S/c1-12-6-7-13(10-12)20-21-17-9-8-14(23(26)27)11-18(17)30(28,29)22-16-5-3-2-4-15(16)19(24)25/h2-5,8-11,21-22H,6-7H2,1H3,(H,24,25). The molecule has 0 amide bonds. The van der Waals surface area contributed by atoms with Gasteiger partial charge in [0.25, 0.3) is 15.7 Å². The number of non-ortho nitro benzene ring substituents is 1. The molecule has 1 aliphatic carbocycles. The van der Waals surface area contributed by atoms with E-state index in [1.165, 1.54) is 30.3 Å². The van der Waals surface area contributed by atoms with E-state index >= 15 is 0 Å². The molecule has 0 saturated heterocycles. The molecule has 0 heterocycles. The number of nitro benzene ring substituents is 1. The van der Waals surface area contributed by atoms with Gasteiger partial charge in [0.1, 0.15) is 4.90 Å². The minimum Gasteiger partial charge on any atom is -0.478 e. The highest BCUT2D eigenvalue weighted by Crippen LogP contribution is 2.29. The van der Waals surface area contributed by atoms with E-state index in [0.29, 0.717) is 6.42 Å². The average molecular weight is 430 g/mol. The Kier molecular flexibility index (Phi) is 5.83. The fourth-order valence-corrected chi connectivity index (χ4v) is 4.13. The highest BCUT2D eigenvalue weighted by Gasteiger charge is 2.24. The van der Waals surface area contributed by atoms with Gasteiger partial charge in [0.2, 0.25) is 0 Å². The smallest absolute Gasteiger partial charge is 0.337 e. The number of nitrogens with zero attached hydrogens (tertiary/aromatic N) is 2. The minimum atomic E-state index is -4.38. The van der Waals surface area contributed by atoms with Crippen LogP contribution < -0.4 is 10.1 Å². The molecule has 30 heavy (non-hydrogen) atoms. The number of anilines is 2. The maximum atomic E-state index is 13.0. The van der Waals surface area contributed by atoms with Gasteiger partial charge >= 0.3 is 5.97 Å². The van der Waals surface area contributed by atoms with Gasteiger partial charge < -0.3 is 5.11 Å². The van der Waals surface area contributed by atoms with Crippen molar-refractivity contribution in [1.29, 1.82) is 0 Å². The van der Waals surface area contributed by atoms with E-state index in [1.54, 1.807) is 0 Å². The number of hydrogen-bond acceptors (Lipinski definition) is 7. The molecule has 1 aliphatic rings. The number of carboxylic acids is 1. The van der Waals surface area contributed by atoms with E-state index in [4.69, 9.17) is 0 Å². The number of carbonyl (C=O) groups is 1. The predicted molar refractivity (Wildman–Crippen MR) is 111 cm³/mol. The zero-order valence-electron chi connectivity index (χ0n) is 15.8. The first-order valence-corrected chi connectivity index (χ1v) is 10.3. The van der Waals surface area contributed by atoms with Crippen LogP contribution in [0.2, 0.25) is 0 Å². The molecule has 2 aromatic rings. The second kappa shape index (κ2) is 8.33. The minimum absolute atomic E-state index is 0.0198. The highest BCUT2D eigenvalue weighted by atomic mass is 32.2. The van der Waals surface area contributed by atoms with Gasteiger partial charge in [-0.3, -0.25) is 20.3 Å². The number of carboxylic acid groups (broad SMARTS) is 1. The van der Waals surface area contributed by atoms with Crippen molar-refractivity contribution in [1.82, 2.24) is 0 Å². The van der Waals surface area contributed by atoms with Crippen LogP contribution in [0, 0.1) is 10.1 Å². The monoisotopic (exact) mass is 430 g/mol. The molecule has 2 aromatic carbocycles. The lowest BCUT2D eigenvalue weighted by Gasteiger charge is -2.13. The molecule has 0 fully saturated rings. The number of hydrazone groups is 1. The molecule has 0 bridgehead atoms. The summed E-state index contributed by atoms with van der Waals surface area (Å²) in [4.78, 5) is 21.4. The third kappa shape index (κ3) is 4.63. The molecule has 0 saturated carbocycles. The lowest BCUT2D eigenvalue weighted by molar-refractivity contribution is -0.385. The van der Waals surface area contributed by atoms with Gasteiger partial charge in [-0.25, -0.2) is 13.2 Å². The molecule has 0 radical (unpaired) electrons. The molecule has 10 nitrogen and oxygen atoms in total. The average Bonchev–Trinajstić information content (AvgIpc) is 3.11. The zero-order chi connectivity index (χ0) is 21.9. The van der Waals surface area contributed by atoms with E-state index in [0.717, 1.165) is 29.8 Å². The molecular weight excluding hydrogens is 412 g/mol. The van der Waals surface area contributed by atoms with Crippen LogP contribution in [0.15, 0.2) is 64.1 Å². The van der Waals surface area contributed by atoms with Crippen LogP contribution in [0.25, 0.3) is 0 Å². The van der Waals surface area contributed by atoms with Gasteiger partial charge in [-0.1, -0.05) is 17.7 Å². The van der Waals surface area contributed by atoms with Crippen LogP contribution in [0.4, 0.5) is 17.1 Å². The number of rotatable bonds is 7. The quantitative estimate of drug-likeness (QED) is 0.448. The summed E-state index contributed by atoms with van der Waals surface area (Å²) < 4.78 is 28.2. The fourth-order valence-electron chi connectivity index (χ4n) is 2.87. The van der Waals surface area contributed by atoms with Crippen LogP contribution in [-0.2, 0) is 10.0 Å².